The van der Waals surface area contributed by atoms with Gasteiger partial charge < -0.3 is 4.74 Å². The van der Waals surface area contributed by atoms with E-state index in [1.165, 1.54) is 6.08 Å². The summed E-state index contributed by atoms with van der Waals surface area (Å²) in [5.41, 5.74) is 1.93. The van der Waals surface area contributed by atoms with Crippen molar-refractivity contribution in [3.63, 3.8) is 0 Å². The standard InChI is InChI=1S/C12H10O2/c13-12-9-11(7-4-8-14-12)10-5-2-1-3-6-10/h1-7,9H,8H2. The highest BCUT2D eigenvalue weighted by molar-refractivity contribution is 5.94. The fourth-order valence-corrected chi connectivity index (χ4v) is 1.33. The van der Waals surface area contributed by atoms with Crippen LogP contribution in [0.4, 0.5) is 0 Å². The molecule has 0 aromatic heterocycles. The van der Waals surface area contributed by atoms with E-state index in [0.29, 0.717) is 6.61 Å². The minimum atomic E-state index is -0.283. The second kappa shape index (κ2) is 3.92. The van der Waals surface area contributed by atoms with E-state index in [-0.39, 0.29) is 5.97 Å². The Morgan fingerprint density at radius 2 is 1.93 bits per heavy atom. The van der Waals surface area contributed by atoms with Crippen molar-refractivity contribution in [3.8, 4) is 0 Å². The van der Waals surface area contributed by atoms with Gasteiger partial charge in [0.05, 0.1) is 0 Å². The highest BCUT2D eigenvalue weighted by atomic mass is 16.5. The predicted molar refractivity (Wildman–Crippen MR) is 54.5 cm³/mol. The maximum atomic E-state index is 11.1. The predicted octanol–water partition coefficient (Wildman–Crippen LogP) is 2.18. The van der Waals surface area contributed by atoms with E-state index in [0.717, 1.165) is 11.1 Å². The second-order valence-electron chi connectivity index (χ2n) is 3.00. The van der Waals surface area contributed by atoms with E-state index in [2.05, 4.69) is 0 Å². The first kappa shape index (κ1) is 8.75. The summed E-state index contributed by atoms with van der Waals surface area (Å²) in [6, 6.07) is 9.77. The van der Waals surface area contributed by atoms with Crippen LogP contribution in [-0.4, -0.2) is 12.6 Å². The summed E-state index contributed by atoms with van der Waals surface area (Å²) in [7, 11) is 0. The van der Waals surface area contributed by atoms with E-state index in [1.807, 2.05) is 42.5 Å². The van der Waals surface area contributed by atoms with Crippen molar-refractivity contribution >= 4 is 11.5 Å². The topological polar surface area (TPSA) is 26.3 Å². The average Bonchev–Trinajstić information content (AvgIpc) is 2.44. The smallest absolute Gasteiger partial charge is 0.331 e. The van der Waals surface area contributed by atoms with Gasteiger partial charge in [-0.2, -0.15) is 0 Å². The van der Waals surface area contributed by atoms with Crippen LogP contribution >= 0.6 is 0 Å². The Hall–Kier alpha value is -1.83. The number of hydrogen-bond donors (Lipinski definition) is 0. The van der Waals surface area contributed by atoms with Crippen molar-refractivity contribution < 1.29 is 9.53 Å². The van der Waals surface area contributed by atoms with Gasteiger partial charge in [0.25, 0.3) is 0 Å². The molecule has 14 heavy (non-hydrogen) atoms. The molecule has 0 saturated heterocycles. The number of allylic oxidation sites excluding steroid dienone is 2. The van der Waals surface area contributed by atoms with Crippen LogP contribution in [0.15, 0.2) is 48.6 Å². The number of carbonyl (C=O) groups is 1. The molecule has 0 saturated carbocycles. The first-order valence-corrected chi connectivity index (χ1v) is 4.47. The minimum absolute atomic E-state index is 0.283. The van der Waals surface area contributed by atoms with Crippen LogP contribution in [0.5, 0.6) is 0 Å². The lowest BCUT2D eigenvalue weighted by Gasteiger charge is -1.99. The molecule has 1 heterocycles. The molecule has 0 N–H and O–H groups in total. The zero-order valence-electron chi connectivity index (χ0n) is 7.64. The fourth-order valence-electron chi connectivity index (χ4n) is 1.33. The Morgan fingerprint density at radius 1 is 1.14 bits per heavy atom. The third-order valence-electron chi connectivity index (χ3n) is 2.00. The Balaban J connectivity index is 2.37. The number of esters is 1. The Kier molecular flexibility index (Phi) is 2.45. The van der Waals surface area contributed by atoms with Gasteiger partial charge in [-0.15, -0.1) is 0 Å². The molecule has 70 valence electrons. The molecule has 2 rings (SSSR count). The summed E-state index contributed by atoms with van der Waals surface area (Å²) in [4.78, 5) is 11.1. The number of cyclic esters (lactones) is 1. The highest BCUT2D eigenvalue weighted by Crippen LogP contribution is 2.16. The van der Waals surface area contributed by atoms with Crippen LogP contribution in [0.2, 0.25) is 0 Å². The molecule has 0 bridgehead atoms. The number of hydrogen-bond acceptors (Lipinski definition) is 2. The van der Waals surface area contributed by atoms with E-state index in [1.54, 1.807) is 0 Å². The number of carbonyl (C=O) groups excluding carboxylic acids is 1. The van der Waals surface area contributed by atoms with Gasteiger partial charge in [0.15, 0.2) is 0 Å². The molecule has 2 heteroatoms. The molecule has 0 radical (unpaired) electrons. The van der Waals surface area contributed by atoms with Crippen molar-refractivity contribution in [1.82, 2.24) is 0 Å². The first-order valence-electron chi connectivity index (χ1n) is 4.47. The van der Waals surface area contributed by atoms with Crippen molar-refractivity contribution in [2.24, 2.45) is 0 Å². The van der Waals surface area contributed by atoms with Crippen molar-refractivity contribution in [3.05, 3.63) is 54.1 Å². The number of benzene rings is 1. The van der Waals surface area contributed by atoms with Gasteiger partial charge in [-0.3, -0.25) is 0 Å². The molecule has 1 aliphatic rings. The molecule has 1 aromatic rings. The summed E-state index contributed by atoms with van der Waals surface area (Å²) in [5.74, 6) is -0.283. The maximum Gasteiger partial charge on any atom is 0.331 e. The van der Waals surface area contributed by atoms with Gasteiger partial charge in [-0.05, 0) is 17.2 Å². The van der Waals surface area contributed by atoms with Crippen LogP contribution in [0.3, 0.4) is 0 Å². The van der Waals surface area contributed by atoms with Crippen molar-refractivity contribution in [1.29, 1.82) is 0 Å². The summed E-state index contributed by atoms with van der Waals surface area (Å²) < 4.78 is 4.85. The molecule has 0 spiro atoms. The van der Waals surface area contributed by atoms with Crippen LogP contribution in [0, 0.1) is 0 Å². The van der Waals surface area contributed by atoms with Gasteiger partial charge in [-0.1, -0.05) is 36.4 Å². The molecular weight excluding hydrogens is 176 g/mol. The SMILES string of the molecule is O=C1C=C(c2ccccc2)C=CCO1. The van der Waals surface area contributed by atoms with Gasteiger partial charge in [0, 0.05) is 6.08 Å². The molecule has 0 fully saturated rings. The molecule has 0 atom stereocenters. The lowest BCUT2D eigenvalue weighted by molar-refractivity contribution is -0.136. The molecule has 0 amide bonds. The third-order valence-corrected chi connectivity index (χ3v) is 2.00. The Bertz CT molecular complexity index is 388. The second-order valence-corrected chi connectivity index (χ2v) is 3.00. The highest BCUT2D eigenvalue weighted by Gasteiger charge is 2.05. The van der Waals surface area contributed by atoms with Crippen LogP contribution in [0.25, 0.3) is 5.57 Å². The Morgan fingerprint density at radius 3 is 2.71 bits per heavy atom. The zero-order chi connectivity index (χ0) is 9.80. The maximum absolute atomic E-state index is 11.1. The first-order chi connectivity index (χ1) is 6.86. The van der Waals surface area contributed by atoms with Crippen LogP contribution in [-0.2, 0) is 9.53 Å². The lowest BCUT2D eigenvalue weighted by atomic mass is 10.1. The van der Waals surface area contributed by atoms with E-state index < -0.39 is 0 Å². The fraction of sp³-hybridized carbons (Fsp3) is 0.0833. The van der Waals surface area contributed by atoms with Crippen molar-refractivity contribution in [2.45, 2.75) is 0 Å². The van der Waals surface area contributed by atoms with Gasteiger partial charge in [0.2, 0.25) is 0 Å². The number of rotatable bonds is 1. The quantitative estimate of drug-likeness (QED) is 0.628. The van der Waals surface area contributed by atoms with Crippen LogP contribution < -0.4 is 0 Å². The van der Waals surface area contributed by atoms with E-state index in [9.17, 15) is 4.79 Å². The lowest BCUT2D eigenvalue weighted by Crippen LogP contribution is -1.98. The molecule has 1 aliphatic heterocycles. The largest absolute Gasteiger partial charge is 0.458 e. The summed E-state index contributed by atoms with van der Waals surface area (Å²) in [5, 5.41) is 0. The van der Waals surface area contributed by atoms with E-state index in [4.69, 9.17) is 4.74 Å². The zero-order valence-corrected chi connectivity index (χ0v) is 7.64. The molecule has 2 nitrogen and oxygen atoms in total. The molecule has 1 aromatic carbocycles. The van der Waals surface area contributed by atoms with Gasteiger partial charge in [0.1, 0.15) is 6.61 Å². The third kappa shape index (κ3) is 1.91. The monoisotopic (exact) mass is 186 g/mol. The number of ether oxygens (including phenoxy) is 1. The summed E-state index contributed by atoms with van der Waals surface area (Å²) in [6.07, 6.45) is 5.25. The van der Waals surface area contributed by atoms with Gasteiger partial charge >= 0.3 is 5.97 Å². The summed E-state index contributed by atoms with van der Waals surface area (Å²) >= 11 is 0. The van der Waals surface area contributed by atoms with E-state index >= 15 is 0 Å². The van der Waals surface area contributed by atoms with Crippen LogP contribution in [0.1, 0.15) is 5.56 Å². The van der Waals surface area contributed by atoms with Crippen molar-refractivity contribution in [2.75, 3.05) is 6.61 Å². The minimum Gasteiger partial charge on any atom is -0.458 e. The molecular formula is C12H10O2. The molecule has 0 aliphatic carbocycles. The Labute approximate surface area is 82.5 Å². The normalized spacial score (nSPS) is 15.7. The summed E-state index contributed by atoms with van der Waals surface area (Å²) in [6.45, 7) is 0.353. The molecule has 0 unspecified atom stereocenters. The van der Waals surface area contributed by atoms with Gasteiger partial charge in [-0.25, -0.2) is 4.79 Å². The average molecular weight is 186 g/mol.